The van der Waals surface area contributed by atoms with E-state index in [2.05, 4.69) is 11.4 Å². The van der Waals surface area contributed by atoms with Crippen LogP contribution in [0.15, 0.2) is 24.3 Å². The minimum atomic E-state index is 0.270. The van der Waals surface area contributed by atoms with E-state index < -0.39 is 0 Å². The van der Waals surface area contributed by atoms with Crippen LogP contribution in [-0.2, 0) is 0 Å². The smallest absolute Gasteiger partial charge is 0.165 e. The summed E-state index contributed by atoms with van der Waals surface area (Å²) < 4.78 is 0. The van der Waals surface area contributed by atoms with Crippen LogP contribution in [0.3, 0.4) is 0 Å². The molecule has 2 aliphatic carbocycles. The fourth-order valence-corrected chi connectivity index (χ4v) is 2.99. The molecule has 0 saturated heterocycles. The van der Waals surface area contributed by atoms with E-state index in [-0.39, 0.29) is 6.04 Å². The SMILES string of the molecule is CC.O=C1CC(NC2CCCC2)c2ccccc21. The number of ketones is 1. The number of Topliss-reactive ketones (excluding diaryl/α,β-unsaturated/α-hetero) is 1. The average molecular weight is 245 g/mol. The first-order valence-electron chi connectivity index (χ1n) is 7.23. The van der Waals surface area contributed by atoms with Gasteiger partial charge in [-0.05, 0) is 18.4 Å². The summed E-state index contributed by atoms with van der Waals surface area (Å²) in [6.45, 7) is 4.00. The van der Waals surface area contributed by atoms with Crippen molar-refractivity contribution in [2.24, 2.45) is 0 Å². The molecule has 0 amide bonds. The van der Waals surface area contributed by atoms with E-state index in [0.717, 1.165) is 5.56 Å². The van der Waals surface area contributed by atoms with Crippen molar-refractivity contribution >= 4 is 5.78 Å². The zero-order chi connectivity index (χ0) is 13.0. The molecule has 3 rings (SSSR count). The van der Waals surface area contributed by atoms with Gasteiger partial charge in [-0.1, -0.05) is 51.0 Å². The van der Waals surface area contributed by atoms with Crippen LogP contribution >= 0.6 is 0 Å². The standard InChI is InChI=1S/C14H17NO.C2H6/c16-14-9-13(15-10-5-1-2-6-10)11-7-3-4-8-12(11)14;1-2/h3-4,7-8,10,13,15H,1-2,5-6,9H2;1-2H3. The highest BCUT2D eigenvalue weighted by Crippen LogP contribution is 2.32. The Morgan fingerprint density at radius 2 is 1.78 bits per heavy atom. The van der Waals surface area contributed by atoms with E-state index in [9.17, 15) is 4.79 Å². The molecule has 0 spiro atoms. The van der Waals surface area contributed by atoms with Gasteiger partial charge in [0.1, 0.15) is 0 Å². The molecular formula is C16H23NO. The molecule has 1 unspecified atom stereocenters. The lowest BCUT2D eigenvalue weighted by molar-refractivity contribution is 0.0984. The second kappa shape index (κ2) is 6.14. The van der Waals surface area contributed by atoms with Gasteiger partial charge in [0, 0.05) is 24.1 Å². The maximum atomic E-state index is 11.8. The molecule has 0 aliphatic heterocycles. The fourth-order valence-electron chi connectivity index (χ4n) is 2.99. The van der Waals surface area contributed by atoms with Gasteiger partial charge in [-0.2, -0.15) is 0 Å². The van der Waals surface area contributed by atoms with Gasteiger partial charge < -0.3 is 5.32 Å². The van der Waals surface area contributed by atoms with Crippen molar-refractivity contribution in [1.82, 2.24) is 5.32 Å². The summed E-state index contributed by atoms with van der Waals surface area (Å²) in [5, 5.41) is 3.64. The molecule has 2 aliphatic rings. The van der Waals surface area contributed by atoms with Gasteiger partial charge in [0.25, 0.3) is 0 Å². The van der Waals surface area contributed by atoms with Crippen LogP contribution in [0, 0.1) is 0 Å². The first kappa shape index (κ1) is 13.3. The number of fused-ring (bicyclic) bond motifs is 1. The summed E-state index contributed by atoms with van der Waals surface area (Å²) in [4.78, 5) is 11.8. The molecule has 1 saturated carbocycles. The van der Waals surface area contributed by atoms with Crippen molar-refractivity contribution in [2.45, 2.75) is 58.0 Å². The van der Waals surface area contributed by atoms with Crippen LogP contribution in [-0.4, -0.2) is 11.8 Å². The van der Waals surface area contributed by atoms with E-state index in [1.807, 2.05) is 32.0 Å². The van der Waals surface area contributed by atoms with Gasteiger partial charge in [0.05, 0.1) is 0 Å². The summed E-state index contributed by atoms with van der Waals surface area (Å²) >= 11 is 0. The largest absolute Gasteiger partial charge is 0.307 e. The van der Waals surface area contributed by atoms with Crippen molar-refractivity contribution in [3.63, 3.8) is 0 Å². The lowest BCUT2D eigenvalue weighted by Gasteiger charge is -2.18. The number of hydrogen-bond acceptors (Lipinski definition) is 2. The monoisotopic (exact) mass is 245 g/mol. The topological polar surface area (TPSA) is 29.1 Å². The van der Waals surface area contributed by atoms with Crippen LogP contribution in [0.25, 0.3) is 0 Å². The van der Waals surface area contributed by atoms with Crippen molar-refractivity contribution < 1.29 is 4.79 Å². The van der Waals surface area contributed by atoms with Crippen LogP contribution in [0.1, 0.15) is 67.9 Å². The summed E-state index contributed by atoms with van der Waals surface area (Å²) in [7, 11) is 0. The molecule has 1 N–H and O–H groups in total. The predicted octanol–water partition coefficient (Wildman–Crippen LogP) is 3.87. The van der Waals surface area contributed by atoms with E-state index in [0.29, 0.717) is 18.2 Å². The van der Waals surface area contributed by atoms with Gasteiger partial charge in [-0.25, -0.2) is 0 Å². The maximum absolute atomic E-state index is 11.8. The zero-order valence-corrected chi connectivity index (χ0v) is 11.4. The molecular weight excluding hydrogens is 222 g/mol. The van der Waals surface area contributed by atoms with Crippen molar-refractivity contribution in [2.75, 3.05) is 0 Å². The molecule has 2 nitrogen and oxygen atoms in total. The molecule has 0 heterocycles. The Kier molecular flexibility index (Phi) is 4.54. The van der Waals surface area contributed by atoms with Gasteiger partial charge >= 0.3 is 0 Å². The highest BCUT2D eigenvalue weighted by atomic mass is 16.1. The van der Waals surface area contributed by atoms with Crippen LogP contribution in [0.4, 0.5) is 0 Å². The second-order valence-electron chi connectivity index (χ2n) is 4.92. The first-order chi connectivity index (χ1) is 8.84. The predicted molar refractivity (Wildman–Crippen MR) is 74.9 cm³/mol. The summed E-state index contributed by atoms with van der Waals surface area (Å²) in [6.07, 6.45) is 5.86. The minimum absolute atomic E-state index is 0.270. The number of rotatable bonds is 2. The number of benzene rings is 1. The molecule has 0 aromatic heterocycles. The Balaban J connectivity index is 0.000000574. The molecule has 1 aromatic rings. The third-order valence-electron chi connectivity index (χ3n) is 3.82. The van der Waals surface area contributed by atoms with Crippen molar-refractivity contribution in [3.8, 4) is 0 Å². The normalized spacial score (nSPS) is 22.6. The van der Waals surface area contributed by atoms with Gasteiger partial charge in [-0.3, -0.25) is 4.79 Å². The maximum Gasteiger partial charge on any atom is 0.165 e. The molecule has 0 radical (unpaired) electrons. The Morgan fingerprint density at radius 3 is 2.50 bits per heavy atom. The number of nitrogens with one attached hydrogen (secondary N) is 1. The lowest BCUT2D eigenvalue weighted by Crippen LogP contribution is -2.29. The number of carbonyl (C=O) groups excluding carboxylic acids is 1. The second-order valence-corrected chi connectivity index (χ2v) is 4.92. The van der Waals surface area contributed by atoms with Crippen LogP contribution in [0.2, 0.25) is 0 Å². The third kappa shape index (κ3) is 2.64. The molecule has 98 valence electrons. The highest BCUT2D eigenvalue weighted by Gasteiger charge is 2.30. The van der Waals surface area contributed by atoms with Crippen molar-refractivity contribution in [3.05, 3.63) is 35.4 Å². The first-order valence-corrected chi connectivity index (χ1v) is 7.23. The van der Waals surface area contributed by atoms with E-state index in [1.54, 1.807) is 0 Å². The minimum Gasteiger partial charge on any atom is -0.307 e. The van der Waals surface area contributed by atoms with Crippen LogP contribution < -0.4 is 5.32 Å². The molecule has 1 fully saturated rings. The zero-order valence-electron chi connectivity index (χ0n) is 11.4. The Labute approximate surface area is 110 Å². The summed E-state index contributed by atoms with van der Waals surface area (Å²) in [5.41, 5.74) is 2.14. The number of hydrogen-bond donors (Lipinski definition) is 1. The Bertz CT molecular complexity index is 407. The molecule has 1 atom stereocenters. The van der Waals surface area contributed by atoms with E-state index in [4.69, 9.17) is 0 Å². The van der Waals surface area contributed by atoms with Gasteiger partial charge in [0.2, 0.25) is 0 Å². The van der Waals surface area contributed by atoms with E-state index >= 15 is 0 Å². The van der Waals surface area contributed by atoms with Gasteiger partial charge in [0.15, 0.2) is 5.78 Å². The highest BCUT2D eigenvalue weighted by molar-refractivity contribution is 6.01. The summed E-state index contributed by atoms with van der Waals surface area (Å²) in [5.74, 6) is 0.297. The molecule has 2 heteroatoms. The van der Waals surface area contributed by atoms with E-state index in [1.165, 1.54) is 31.2 Å². The molecule has 18 heavy (non-hydrogen) atoms. The van der Waals surface area contributed by atoms with Gasteiger partial charge in [-0.15, -0.1) is 0 Å². The summed E-state index contributed by atoms with van der Waals surface area (Å²) in [6, 6.07) is 8.92. The molecule has 0 bridgehead atoms. The Hall–Kier alpha value is -1.15. The molecule has 1 aromatic carbocycles. The van der Waals surface area contributed by atoms with Crippen molar-refractivity contribution in [1.29, 1.82) is 0 Å². The average Bonchev–Trinajstić information content (AvgIpc) is 3.03. The number of carbonyl (C=O) groups is 1. The fraction of sp³-hybridized carbons (Fsp3) is 0.562. The lowest BCUT2D eigenvalue weighted by atomic mass is 10.1. The third-order valence-corrected chi connectivity index (χ3v) is 3.82. The Morgan fingerprint density at radius 1 is 1.11 bits per heavy atom. The quantitative estimate of drug-likeness (QED) is 0.857. The van der Waals surface area contributed by atoms with Crippen LogP contribution in [0.5, 0.6) is 0 Å².